The number of hydrogen-bond donors (Lipinski definition) is 2. The Morgan fingerprint density at radius 2 is 2.05 bits per heavy atom. The number of hydrogen-bond acceptors (Lipinski definition) is 3. The summed E-state index contributed by atoms with van der Waals surface area (Å²) in [6.45, 7) is 0. The van der Waals surface area contributed by atoms with Gasteiger partial charge in [-0.25, -0.2) is 4.79 Å². The number of ether oxygens (including phenoxy) is 1. The van der Waals surface area contributed by atoms with Crippen LogP contribution in [0.4, 0.5) is 18.9 Å². The topological polar surface area (TPSA) is 72.6 Å². The Bertz CT molecular complexity index is 583. The molecule has 19 heavy (non-hydrogen) atoms. The van der Waals surface area contributed by atoms with E-state index in [0.717, 1.165) is 6.08 Å². The smallest absolute Gasteiger partial charge is 0.430 e. The van der Waals surface area contributed by atoms with E-state index in [1.165, 1.54) is 12.1 Å². The standard InChI is InChI=1S/C11H7ClF3NO3/c12-6-1-2-7-4(8(6)16)3-5(10(17)18)9(19-7)11(13,14)15/h1-3,9H,16H2,(H,17,18). The first-order chi connectivity index (χ1) is 8.71. The summed E-state index contributed by atoms with van der Waals surface area (Å²) in [5.74, 6) is -1.89. The molecule has 8 heteroatoms. The predicted molar refractivity (Wildman–Crippen MR) is 61.9 cm³/mol. The third kappa shape index (κ3) is 2.33. The number of alkyl halides is 3. The highest BCUT2D eigenvalue weighted by molar-refractivity contribution is 6.33. The zero-order chi connectivity index (χ0) is 14.4. The van der Waals surface area contributed by atoms with Gasteiger partial charge in [0, 0.05) is 5.56 Å². The van der Waals surface area contributed by atoms with Crippen LogP contribution < -0.4 is 10.5 Å². The Hall–Kier alpha value is -1.89. The highest BCUT2D eigenvalue weighted by atomic mass is 35.5. The summed E-state index contributed by atoms with van der Waals surface area (Å²) >= 11 is 5.72. The molecule has 0 fully saturated rings. The SMILES string of the molecule is Nc1c(Cl)ccc2c1C=C(C(=O)O)C(C(F)(F)F)O2. The van der Waals surface area contributed by atoms with Crippen LogP contribution in [0.15, 0.2) is 17.7 Å². The number of anilines is 1. The summed E-state index contributed by atoms with van der Waals surface area (Å²) in [6, 6.07) is 2.49. The lowest BCUT2D eigenvalue weighted by atomic mass is 10.00. The van der Waals surface area contributed by atoms with Crippen LogP contribution in [-0.2, 0) is 4.79 Å². The van der Waals surface area contributed by atoms with E-state index in [-0.39, 0.29) is 22.0 Å². The van der Waals surface area contributed by atoms with Gasteiger partial charge in [0.25, 0.3) is 0 Å². The number of nitrogens with two attached hydrogens (primary N) is 1. The highest BCUT2D eigenvalue weighted by Gasteiger charge is 2.48. The van der Waals surface area contributed by atoms with E-state index >= 15 is 0 Å². The van der Waals surface area contributed by atoms with Gasteiger partial charge < -0.3 is 15.6 Å². The zero-order valence-corrected chi connectivity index (χ0v) is 9.92. The summed E-state index contributed by atoms with van der Waals surface area (Å²) in [5.41, 5.74) is 4.66. The third-order valence-corrected chi connectivity index (χ3v) is 2.89. The minimum atomic E-state index is -4.84. The molecule has 4 nitrogen and oxygen atoms in total. The van der Waals surface area contributed by atoms with Gasteiger partial charge in [-0.05, 0) is 18.2 Å². The first-order valence-electron chi connectivity index (χ1n) is 4.98. The van der Waals surface area contributed by atoms with E-state index in [0.29, 0.717) is 0 Å². The van der Waals surface area contributed by atoms with Crippen molar-refractivity contribution in [3.8, 4) is 5.75 Å². The molecule has 0 aliphatic carbocycles. The van der Waals surface area contributed by atoms with Crippen molar-refractivity contribution in [2.45, 2.75) is 12.3 Å². The van der Waals surface area contributed by atoms with Gasteiger partial charge in [-0.15, -0.1) is 0 Å². The fourth-order valence-corrected chi connectivity index (χ4v) is 1.84. The van der Waals surface area contributed by atoms with Crippen LogP contribution in [0.1, 0.15) is 5.56 Å². The van der Waals surface area contributed by atoms with Crippen LogP contribution in [0.25, 0.3) is 6.08 Å². The minimum absolute atomic E-state index is 0.0291. The molecular formula is C11H7ClF3NO3. The first-order valence-corrected chi connectivity index (χ1v) is 5.36. The van der Waals surface area contributed by atoms with Gasteiger partial charge in [0.2, 0.25) is 6.10 Å². The van der Waals surface area contributed by atoms with Gasteiger partial charge in [0.15, 0.2) is 0 Å². The molecule has 1 unspecified atom stereocenters. The Morgan fingerprint density at radius 3 is 2.58 bits per heavy atom. The molecule has 3 N–H and O–H groups in total. The van der Waals surface area contributed by atoms with Crippen molar-refractivity contribution in [3.05, 3.63) is 28.3 Å². The second-order valence-electron chi connectivity index (χ2n) is 3.82. The first kappa shape index (κ1) is 13.5. The molecule has 0 amide bonds. The van der Waals surface area contributed by atoms with E-state index in [9.17, 15) is 18.0 Å². The van der Waals surface area contributed by atoms with Crippen LogP contribution in [0, 0.1) is 0 Å². The van der Waals surface area contributed by atoms with E-state index in [1.54, 1.807) is 0 Å². The molecule has 2 rings (SSSR count). The maximum absolute atomic E-state index is 12.7. The van der Waals surface area contributed by atoms with Gasteiger partial charge in [-0.3, -0.25) is 0 Å². The Morgan fingerprint density at radius 1 is 1.42 bits per heavy atom. The molecule has 0 saturated heterocycles. The average molecular weight is 294 g/mol. The van der Waals surface area contributed by atoms with Crippen molar-refractivity contribution in [1.82, 2.24) is 0 Å². The number of carboxylic acid groups (broad SMARTS) is 1. The van der Waals surface area contributed by atoms with Crippen molar-refractivity contribution in [3.63, 3.8) is 0 Å². The Balaban J connectivity index is 2.61. The summed E-state index contributed by atoms with van der Waals surface area (Å²) in [6.07, 6.45) is -6.53. The van der Waals surface area contributed by atoms with Gasteiger partial charge in [0.05, 0.1) is 16.3 Å². The molecule has 1 aliphatic rings. The number of fused-ring (bicyclic) bond motifs is 1. The number of carboxylic acids is 1. The Labute approximate surface area is 110 Å². The number of carbonyl (C=O) groups is 1. The Kier molecular flexibility index (Phi) is 3.09. The van der Waals surface area contributed by atoms with Crippen LogP contribution in [0.2, 0.25) is 5.02 Å². The van der Waals surface area contributed by atoms with Crippen molar-refractivity contribution in [1.29, 1.82) is 0 Å². The predicted octanol–water partition coefficient (Wildman–Crippen LogP) is 2.71. The molecule has 0 aromatic heterocycles. The van der Waals surface area contributed by atoms with E-state index in [2.05, 4.69) is 0 Å². The van der Waals surface area contributed by atoms with E-state index < -0.39 is 23.8 Å². The lowest BCUT2D eigenvalue weighted by Crippen LogP contribution is -2.40. The quantitative estimate of drug-likeness (QED) is 0.781. The molecule has 1 atom stereocenters. The molecule has 1 heterocycles. The average Bonchev–Trinajstić information content (AvgIpc) is 2.31. The summed E-state index contributed by atoms with van der Waals surface area (Å²) < 4.78 is 42.9. The largest absolute Gasteiger partial charge is 0.478 e. The monoisotopic (exact) mass is 293 g/mol. The number of benzene rings is 1. The molecule has 1 aromatic rings. The molecule has 0 radical (unpaired) electrons. The molecular weight excluding hydrogens is 287 g/mol. The van der Waals surface area contributed by atoms with Gasteiger partial charge in [-0.1, -0.05) is 11.6 Å². The molecule has 0 bridgehead atoms. The second kappa shape index (κ2) is 4.34. The second-order valence-corrected chi connectivity index (χ2v) is 4.22. The number of aliphatic carboxylic acids is 1. The lowest BCUT2D eigenvalue weighted by molar-refractivity contribution is -0.187. The van der Waals surface area contributed by atoms with Gasteiger partial charge in [0.1, 0.15) is 5.75 Å². The normalized spacial score (nSPS) is 18.3. The number of nitrogen functional groups attached to an aromatic ring is 1. The zero-order valence-electron chi connectivity index (χ0n) is 9.16. The van der Waals surface area contributed by atoms with Crippen LogP contribution >= 0.6 is 11.6 Å². The van der Waals surface area contributed by atoms with Crippen molar-refractivity contribution < 1.29 is 27.8 Å². The van der Waals surface area contributed by atoms with Gasteiger partial charge in [-0.2, -0.15) is 13.2 Å². The summed E-state index contributed by atoms with van der Waals surface area (Å²) in [7, 11) is 0. The van der Waals surface area contributed by atoms with Crippen LogP contribution in [0.3, 0.4) is 0 Å². The van der Waals surface area contributed by atoms with Crippen LogP contribution in [0.5, 0.6) is 5.75 Å². The molecule has 1 aliphatic heterocycles. The van der Waals surface area contributed by atoms with Crippen molar-refractivity contribution in [2.75, 3.05) is 5.73 Å². The maximum Gasteiger partial charge on any atom is 0.430 e. The lowest BCUT2D eigenvalue weighted by Gasteiger charge is -2.27. The number of rotatable bonds is 1. The van der Waals surface area contributed by atoms with Gasteiger partial charge >= 0.3 is 12.1 Å². The molecule has 102 valence electrons. The molecule has 0 spiro atoms. The maximum atomic E-state index is 12.7. The van der Waals surface area contributed by atoms with E-state index in [1.807, 2.05) is 0 Å². The van der Waals surface area contributed by atoms with Crippen molar-refractivity contribution in [2.24, 2.45) is 0 Å². The third-order valence-electron chi connectivity index (χ3n) is 2.57. The van der Waals surface area contributed by atoms with E-state index in [4.69, 9.17) is 27.2 Å². The summed E-state index contributed by atoms with van der Waals surface area (Å²) in [4.78, 5) is 10.9. The fourth-order valence-electron chi connectivity index (χ4n) is 1.68. The fraction of sp³-hybridized carbons (Fsp3) is 0.182. The summed E-state index contributed by atoms with van der Waals surface area (Å²) in [5, 5.41) is 8.94. The molecule has 0 saturated carbocycles. The molecule has 1 aromatic carbocycles. The van der Waals surface area contributed by atoms with Crippen molar-refractivity contribution >= 4 is 29.3 Å². The number of halogens is 4. The minimum Gasteiger partial charge on any atom is -0.478 e. The highest BCUT2D eigenvalue weighted by Crippen LogP contribution is 2.41. The van der Waals surface area contributed by atoms with Crippen LogP contribution in [-0.4, -0.2) is 23.4 Å².